The minimum absolute atomic E-state index is 0.258. The van der Waals surface area contributed by atoms with Crippen molar-refractivity contribution >= 4 is 23.4 Å². The summed E-state index contributed by atoms with van der Waals surface area (Å²) < 4.78 is 1.86. The summed E-state index contributed by atoms with van der Waals surface area (Å²) in [6.45, 7) is 0.373. The first-order chi connectivity index (χ1) is 12.6. The third-order valence-corrected chi connectivity index (χ3v) is 4.37. The Labute approximate surface area is 148 Å². The summed E-state index contributed by atoms with van der Waals surface area (Å²) >= 11 is 0. The van der Waals surface area contributed by atoms with E-state index in [0.717, 1.165) is 16.4 Å². The Hall–Kier alpha value is -3.55. The normalized spacial score (nSPS) is 13.3. The minimum atomic E-state index is -0.394. The molecule has 3 amide bonds. The van der Waals surface area contributed by atoms with Crippen LogP contribution in [0.2, 0.25) is 0 Å². The summed E-state index contributed by atoms with van der Waals surface area (Å²) in [6, 6.07) is 10.1. The lowest BCUT2D eigenvalue weighted by molar-refractivity contribution is 0.0693. The smallest absolute Gasteiger partial charge is 0.261 e. The molecule has 26 heavy (non-hydrogen) atoms. The van der Waals surface area contributed by atoms with Crippen molar-refractivity contribution in [1.82, 2.24) is 24.8 Å². The molecule has 0 spiro atoms. The van der Waals surface area contributed by atoms with Crippen LogP contribution >= 0.6 is 0 Å². The third kappa shape index (κ3) is 2.52. The second-order valence-corrected chi connectivity index (χ2v) is 5.98. The molecule has 8 heteroatoms. The fourth-order valence-corrected chi connectivity index (χ4v) is 2.95. The van der Waals surface area contributed by atoms with Crippen LogP contribution in [0.3, 0.4) is 0 Å². The van der Waals surface area contributed by atoms with Crippen LogP contribution < -0.4 is 5.32 Å². The number of carbonyl (C=O) groups is 3. The Balaban J connectivity index is 1.45. The van der Waals surface area contributed by atoms with Gasteiger partial charge in [0.1, 0.15) is 5.82 Å². The highest BCUT2D eigenvalue weighted by atomic mass is 16.2. The van der Waals surface area contributed by atoms with E-state index in [-0.39, 0.29) is 17.4 Å². The molecule has 0 fully saturated rings. The summed E-state index contributed by atoms with van der Waals surface area (Å²) in [7, 11) is 1.42. The van der Waals surface area contributed by atoms with Gasteiger partial charge in [0.05, 0.1) is 11.1 Å². The van der Waals surface area contributed by atoms with Gasteiger partial charge in [-0.2, -0.15) is 0 Å². The molecule has 0 unspecified atom stereocenters. The van der Waals surface area contributed by atoms with Gasteiger partial charge in [0, 0.05) is 31.8 Å². The van der Waals surface area contributed by atoms with E-state index < -0.39 is 5.91 Å². The maximum absolute atomic E-state index is 12.3. The fourth-order valence-electron chi connectivity index (χ4n) is 2.95. The van der Waals surface area contributed by atoms with Crippen LogP contribution in [0.5, 0.6) is 0 Å². The van der Waals surface area contributed by atoms with E-state index in [2.05, 4.69) is 15.5 Å². The Morgan fingerprint density at radius 1 is 1.08 bits per heavy atom. The minimum Gasteiger partial charge on any atom is -0.352 e. The number of carbonyl (C=O) groups excluding carboxylic acids is 3. The highest BCUT2D eigenvalue weighted by molar-refractivity contribution is 6.21. The quantitative estimate of drug-likeness (QED) is 0.707. The van der Waals surface area contributed by atoms with Gasteiger partial charge in [-0.1, -0.05) is 6.07 Å². The molecular formula is C18H15N5O3. The van der Waals surface area contributed by atoms with E-state index in [1.165, 1.54) is 19.2 Å². The van der Waals surface area contributed by atoms with Gasteiger partial charge >= 0.3 is 0 Å². The monoisotopic (exact) mass is 349 g/mol. The molecule has 0 aliphatic carbocycles. The number of nitrogens with one attached hydrogen (secondary N) is 1. The number of imide groups is 1. The lowest BCUT2D eigenvalue weighted by Gasteiger charge is -2.06. The van der Waals surface area contributed by atoms with Gasteiger partial charge in [-0.05, 0) is 30.3 Å². The van der Waals surface area contributed by atoms with E-state index in [1.54, 1.807) is 6.07 Å². The molecule has 0 bridgehead atoms. The number of pyridine rings is 1. The molecule has 1 aromatic carbocycles. The number of fused-ring (bicyclic) bond motifs is 2. The summed E-state index contributed by atoms with van der Waals surface area (Å²) in [5.74, 6) is -0.307. The molecule has 1 aliphatic heterocycles. The Morgan fingerprint density at radius 2 is 1.88 bits per heavy atom. The molecule has 0 atom stereocenters. The SMILES string of the molecule is CN1C(=O)c2ccc(C(=O)NCCc3nnc4ccccn34)cc2C1=O. The lowest BCUT2D eigenvalue weighted by Crippen LogP contribution is -2.26. The number of rotatable bonds is 4. The van der Waals surface area contributed by atoms with Gasteiger partial charge < -0.3 is 5.32 Å². The second-order valence-electron chi connectivity index (χ2n) is 5.98. The molecule has 0 saturated carbocycles. The topological polar surface area (TPSA) is 96.7 Å². The maximum Gasteiger partial charge on any atom is 0.261 e. The zero-order valence-corrected chi connectivity index (χ0v) is 14.0. The number of hydrogen-bond acceptors (Lipinski definition) is 5. The predicted molar refractivity (Wildman–Crippen MR) is 91.9 cm³/mol. The standard InChI is InChI=1S/C18H15N5O3/c1-22-17(25)12-6-5-11(10-13(12)18(22)26)16(24)19-8-7-15-21-20-14-4-2-3-9-23(14)15/h2-6,9-10H,7-8H2,1H3,(H,19,24). The van der Waals surface area contributed by atoms with Crippen molar-refractivity contribution in [2.45, 2.75) is 6.42 Å². The zero-order chi connectivity index (χ0) is 18.3. The van der Waals surface area contributed by atoms with Gasteiger partial charge in [0.25, 0.3) is 17.7 Å². The molecule has 3 heterocycles. The summed E-state index contributed by atoms with van der Waals surface area (Å²) in [5, 5.41) is 11.0. The van der Waals surface area contributed by atoms with Crippen LogP contribution in [0.1, 0.15) is 36.9 Å². The summed E-state index contributed by atoms with van der Waals surface area (Å²) in [6.07, 6.45) is 2.38. The Kier molecular flexibility index (Phi) is 3.72. The van der Waals surface area contributed by atoms with Crippen LogP contribution in [0.4, 0.5) is 0 Å². The first-order valence-corrected chi connectivity index (χ1v) is 8.09. The average molecular weight is 349 g/mol. The van der Waals surface area contributed by atoms with E-state index >= 15 is 0 Å². The molecule has 0 saturated heterocycles. The zero-order valence-electron chi connectivity index (χ0n) is 14.0. The van der Waals surface area contributed by atoms with Crippen molar-refractivity contribution in [1.29, 1.82) is 0 Å². The van der Waals surface area contributed by atoms with Crippen LogP contribution in [0.15, 0.2) is 42.6 Å². The molecule has 4 rings (SSSR count). The van der Waals surface area contributed by atoms with Crippen LogP contribution in [0, 0.1) is 0 Å². The fraction of sp³-hybridized carbons (Fsp3) is 0.167. The van der Waals surface area contributed by atoms with E-state index in [0.29, 0.717) is 24.1 Å². The number of nitrogens with zero attached hydrogens (tertiary/aromatic N) is 4. The van der Waals surface area contributed by atoms with Gasteiger partial charge in [-0.25, -0.2) is 0 Å². The Morgan fingerprint density at radius 3 is 2.73 bits per heavy atom. The molecule has 1 N–H and O–H groups in total. The van der Waals surface area contributed by atoms with Crippen LogP contribution in [0.25, 0.3) is 5.65 Å². The predicted octanol–water partition coefficient (Wildman–Crippen LogP) is 0.928. The van der Waals surface area contributed by atoms with Crippen molar-refractivity contribution in [2.75, 3.05) is 13.6 Å². The molecule has 0 radical (unpaired) electrons. The molecule has 130 valence electrons. The second kappa shape index (κ2) is 6.07. The number of aromatic nitrogens is 3. The molecule has 3 aromatic rings. The molecular weight excluding hydrogens is 334 g/mol. The van der Waals surface area contributed by atoms with E-state index in [1.807, 2.05) is 28.8 Å². The lowest BCUT2D eigenvalue weighted by atomic mass is 10.1. The first-order valence-electron chi connectivity index (χ1n) is 8.09. The first kappa shape index (κ1) is 15.9. The average Bonchev–Trinajstić information content (AvgIpc) is 3.17. The number of hydrogen-bond donors (Lipinski definition) is 1. The van der Waals surface area contributed by atoms with Crippen molar-refractivity contribution in [3.05, 3.63) is 65.1 Å². The third-order valence-electron chi connectivity index (χ3n) is 4.37. The number of benzene rings is 1. The van der Waals surface area contributed by atoms with Gasteiger partial charge in [0.2, 0.25) is 0 Å². The molecule has 2 aromatic heterocycles. The highest BCUT2D eigenvalue weighted by Crippen LogP contribution is 2.22. The van der Waals surface area contributed by atoms with Gasteiger partial charge in [-0.3, -0.25) is 23.7 Å². The highest BCUT2D eigenvalue weighted by Gasteiger charge is 2.33. The van der Waals surface area contributed by atoms with Crippen LogP contribution in [-0.4, -0.2) is 50.8 Å². The molecule has 1 aliphatic rings. The van der Waals surface area contributed by atoms with Crippen molar-refractivity contribution in [3.8, 4) is 0 Å². The van der Waals surface area contributed by atoms with E-state index in [9.17, 15) is 14.4 Å². The number of amides is 3. The van der Waals surface area contributed by atoms with Crippen molar-refractivity contribution in [3.63, 3.8) is 0 Å². The molecule has 8 nitrogen and oxygen atoms in total. The summed E-state index contributed by atoms with van der Waals surface area (Å²) in [4.78, 5) is 37.3. The van der Waals surface area contributed by atoms with Gasteiger partial charge in [0.15, 0.2) is 5.65 Å². The largest absolute Gasteiger partial charge is 0.352 e. The van der Waals surface area contributed by atoms with Crippen molar-refractivity contribution < 1.29 is 14.4 Å². The van der Waals surface area contributed by atoms with Gasteiger partial charge in [-0.15, -0.1) is 10.2 Å². The van der Waals surface area contributed by atoms with E-state index in [4.69, 9.17) is 0 Å². The summed E-state index contributed by atoms with van der Waals surface area (Å²) in [5.41, 5.74) is 1.67. The van der Waals surface area contributed by atoms with Crippen molar-refractivity contribution in [2.24, 2.45) is 0 Å². The Bertz CT molecular complexity index is 1060. The van der Waals surface area contributed by atoms with Crippen LogP contribution in [-0.2, 0) is 6.42 Å². The maximum atomic E-state index is 12.3.